The standard InChI is InChI=1S/C24H31NO/c26-24(21-11-12-21)22-13-15-23(16-14-22)25(17-19-7-3-1-4-8-19)18-20-9-5-2-6-10-20/h1-10,21-24,26H,11-18H2/t22-,23-,24?. The molecule has 2 saturated carbocycles. The van der Waals surface area contributed by atoms with Crippen molar-refractivity contribution in [2.24, 2.45) is 11.8 Å². The van der Waals surface area contributed by atoms with Crippen LogP contribution in [0.2, 0.25) is 0 Å². The Morgan fingerprint density at radius 1 is 0.692 bits per heavy atom. The van der Waals surface area contributed by atoms with Crippen LogP contribution in [0.1, 0.15) is 49.7 Å². The van der Waals surface area contributed by atoms with Crippen molar-refractivity contribution < 1.29 is 5.11 Å². The van der Waals surface area contributed by atoms with Crippen molar-refractivity contribution in [3.8, 4) is 0 Å². The highest BCUT2D eigenvalue weighted by Crippen LogP contribution is 2.41. The SMILES string of the molecule is OC(C1CC1)[C@H]1CC[C@H](N(Cc2ccccc2)Cc2ccccc2)CC1. The van der Waals surface area contributed by atoms with Gasteiger partial charge < -0.3 is 5.11 Å². The van der Waals surface area contributed by atoms with E-state index in [1.807, 2.05) is 0 Å². The van der Waals surface area contributed by atoms with Crippen molar-refractivity contribution in [2.75, 3.05) is 0 Å². The third kappa shape index (κ3) is 4.55. The van der Waals surface area contributed by atoms with Gasteiger partial charge in [-0.15, -0.1) is 0 Å². The van der Waals surface area contributed by atoms with Gasteiger partial charge >= 0.3 is 0 Å². The van der Waals surface area contributed by atoms with Crippen molar-refractivity contribution in [2.45, 2.75) is 63.8 Å². The Labute approximate surface area is 157 Å². The van der Waals surface area contributed by atoms with Crippen molar-refractivity contribution in [3.63, 3.8) is 0 Å². The Morgan fingerprint density at radius 2 is 1.12 bits per heavy atom. The van der Waals surface area contributed by atoms with Crippen LogP contribution in [0.5, 0.6) is 0 Å². The first kappa shape index (κ1) is 17.8. The Balaban J connectivity index is 1.42. The van der Waals surface area contributed by atoms with E-state index in [1.165, 1.54) is 49.7 Å². The lowest BCUT2D eigenvalue weighted by Gasteiger charge is -2.38. The van der Waals surface area contributed by atoms with Crippen LogP contribution in [-0.4, -0.2) is 22.2 Å². The van der Waals surface area contributed by atoms with Crippen LogP contribution in [0.3, 0.4) is 0 Å². The smallest absolute Gasteiger partial charge is 0.0596 e. The lowest BCUT2D eigenvalue weighted by Crippen LogP contribution is -2.39. The fraction of sp³-hybridized carbons (Fsp3) is 0.500. The zero-order valence-corrected chi connectivity index (χ0v) is 15.6. The normalized spacial score (nSPS) is 24.5. The van der Waals surface area contributed by atoms with Gasteiger partial charge in [-0.2, -0.15) is 0 Å². The van der Waals surface area contributed by atoms with E-state index in [0.717, 1.165) is 13.1 Å². The highest BCUT2D eigenvalue weighted by Gasteiger charge is 2.37. The van der Waals surface area contributed by atoms with Gasteiger partial charge in [0.1, 0.15) is 0 Å². The molecule has 26 heavy (non-hydrogen) atoms. The molecule has 2 nitrogen and oxygen atoms in total. The van der Waals surface area contributed by atoms with Crippen LogP contribution >= 0.6 is 0 Å². The predicted octanol–water partition coefficient (Wildman–Crippen LogP) is 5.02. The first-order valence-electron chi connectivity index (χ1n) is 10.3. The molecule has 1 atom stereocenters. The molecular weight excluding hydrogens is 318 g/mol. The molecule has 0 aromatic heterocycles. The number of benzene rings is 2. The number of aliphatic hydroxyl groups is 1. The lowest BCUT2D eigenvalue weighted by atomic mass is 9.80. The fourth-order valence-electron chi connectivity index (χ4n) is 4.58. The molecule has 138 valence electrons. The van der Waals surface area contributed by atoms with Gasteiger partial charge in [0.25, 0.3) is 0 Å². The van der Waals surface area contributed by atoms with Gasteiger partial charge in [-0.3, -0.25) is 4.90 Å². The average molecular weight is 350 g/mol. The average Bonchev–Trinajstić information content (AvgIpc) is 3.54. The van der Waals surface area contributed by atoms with E-state index in [2.05, 4.69) is 65.6 Å². The van der Waals surface area contributed by atoms with E-state index in [9.17, 15) is 5.11 Å². The zero-order chi connectivity index (χ0) is 17.8. The van der Waals surface area contributed by atoms with Gasteiger partial charge in [0.05, 0.1) is 6.10 Å². The Bertz CT molecular complexity index is 618. The van der Waals surface area contributed by atoms with Gasteiger partial charge in [-0.05, 0) is 61.5 Å². The second-order valence-electron chi connectivity index (χ2n) is 8.27. The van der Waals surface area contributed by atoms with Crippen LogP contribution in [0.25, 0.3) is 0 Å². The van der Waals surface area contributed by atoms with E-state index >= 15 is 0 Å². The molecule has 1 N–H and O–H groups in total. The second kappa shape index (κ2) is 8.37. The molecule has 2 aliphatic rings. The molecule has 4 rings (SSSR count). The molecule has 0 heterocycles. The summed E-state index contributed by atoms with van der Waals surface area (Å²) in [5.74, 6) is 1.15. The lowest BCUT2D eigenvalue weighted by molar-refractivity contribution is 0.0385. The van der Waals surface area contributed by atoms with Crippen molar-refractivity contribution in [1.82, 2.24) is 4.90 Å². The van der Waals surface area contributed by atoms with E-state index < -0.39 is 0 Å². The summed E-state index contributed by atoms with van der Waals surface area (Å²) in [4.78, 5) is 2.66. The Kier molecular flexibility index (Phi) is 5.72. The van der Waals surface area contributed by atoms with Crippen molar-refractivity contribution in [1.29, 1.82) is 0 Å². The largest absolute Gasteiger partial charge is 0.393 e. The van der Waals surface area contributed by atoms with Gasteiger partial charge in [0.15, 0.2) is 0 Å². The molecule has 2 aromatic carbocycles. The maximum absolute atomic E-state index is 10.5. The molecule has 0 aliphatic heterocycles. The van der Waals surface area contributed by atoms with E-state index in [4.69, 9.17) is 0 Å². The van der Waals surface area contributed by atoms with Crippen LogP contribution in [0.4, 0.5) is 0 Å². The van der Waals surface area contributed by atoms with E-state index in [1.54, 1.807) is 0 Å². The number of hydrogen-bond donors (Lipinski definition) is 1. The van der Waals surface area contributed by atoms with Crippen LogP contribution in [-0.2, 0) is 13.1 Å². The molecular formula is C24H31NO. The molecule has 2 heteroatoms. The second-order valence-corrected chi connectivity index (χ2v) is 8.27. The first-order valence-corrected chi connectivity index (χ1v) is 10.3. The monoisotopic (exact) mass is 349 g/mol. The summed E-state index contributed by atoms with van der Waals surface area (Å²) in [5, 5.41) is 10.5. The Morgan fingerprint density at radius 3 is 1.54 bits per heavy atom. The van der Waals surface area contributed by atoms with Gasteiger partial charge in [-0.1, -0.05) is 60.7 Å². The number of rotatable bonds is 7. The van der Waals surface area contributed by atoms with Gasteiger partial charge in [0, 0.05) is 19.1 Å². The number of hydrogen-bond acceptors (Lipinski definition) is 2. The van der Waals surface area contributed by atoms with Crippen molar-refractivity contribution >= 4 is 0 Å². The molecule has 0 saturated heterocycles. The van der Waals surface area contributed by atoms with E-state index in [-0.39, 0.29) is 6.10 Å². The van der Waals surface area contributed by atoms with Crippen molar-refractivity contribution in [3.05, 3.63) is 71.8 Å². The summed E-state index contributed by atoms with van der Waals surface area (Å²) in [7, 11) is 0. The fourth-order valence-corrected chi connectivity index (χ4v) is 4.58. The van der Waals surface area contributed by atoms with E-state index in [0.29, 0.717) is 17.9 Å². The molecule has 0 bridgehead atoms. The highest BCUT2D eigenvalue weighted by atomic mass is 16.3. The first-order chi connectivity index (χ1) is 12.8. The van der Waals surface area contributed by atoms with Gasteiger partial charge in [-0.25, -0.2) is 0 Å². The number of nitrogens with zero attached hydrogens (tertiary/aromatic N) is 1. The minimum absolute atomic E-state index is 0.0346. The Hall–Kier alpha value is -1.64. The predicted molar refractivity (Wildman–Crippen MR) is 107 cm³/mol. The summed E-state index contributed by atoms with van der Waals surface area (Å²) < 4.78 is 0. The minimum atomic E-state index is -0.0346. The maximum Gasteiger partial charge on any atom is 0.0596 e. The zero-order valence-electron chi connectivity index (χ0n) is 15.6. The molecule has 0 spiro atoms. The quantitative estimate of drug-likeness (QED) is 0.759. The minimum Gasteiger partial charge on any atom is -0.393 e. The summed E-state index contributed by atoms with van der Waals surface area (Å²) in [6.45, 7) is 2.02. The van der Waals surface area contributed by atoms with Gasteiger partial charge in [0.2, 0.25) is 0 Å². The molecule has 1 unspecified atom stereocenters. The molecule has 2 fully saturated rings. The topological polar surface area (TPSA) is 23.5 Å². The summed E-state index contributed by atoms with van der Waals surface area (Å²) >= 11 is 0. The van der Waals surface area contributed by atoms with Crippen LogP contribution < -0.4 is 0 Å². The van der Waals surface area contributed by atoms with Crippen LogP contribution in [0, 0.1) is 11.8 Å². The molecule has 0 amide bonds. The summed E-state index contributed by atoms with van der Waals surface area (Å²) in [6, 6.07) is 22.3. The molecule has 2 aromatic rings. The maximum atomic E-state index is 10.5. The number of aliphatic hydroxyl groups excluding tert-OH is 1. The summed E-state index contributed by atoms with van der Waals surface area (Å²) in [6.07, 6.45) is 7.25. The third-order valence-electron chi connectivity index (χ3n) is 6.30. The highest BCUT2D eigenvalue weighted by molar-refractivity contribution is 5.17. The summed E-state index contributed by atoms with van der Waals surface area (Å²) in [5.41, 5.74) is 2.78. The molecule has 2 aliphatic carbocycles. The van der Waals surface area contributed by atoms with Crippen LogP contribution in [0.15, 0.2) is 60.7 Å². The molecule has 0 radical (unpaired) electrons. The third-order valence-corrected chi connectivity index (χ3v) is 6.30.